The number of esters is 1. The van der Waals surface area contributed by atoms with E-state index in [-0.39, 0.29) is 18.8 Å². The largest absolute Gasteiger partial charge is 0.502 e. The number of methoxy groups -OCH3 is 1. The van der Waals surface area contributed by atoms with Crippen molar-refractivity contribution in [3.8, 4) is 11.5 Å². The molecular formula is C24H27NO6. The van der Waals surface area contributed by atoms with E-state index in [1.54, 1.807) is 0 Å². The second kappa shape index (κ2) is 9.39. The first-order chi connectivity index (χ1) is 15.0. The lowest BCUT2D eigenvalue weighted by atomic mass is 9.89. The summed E-state index contributed by atoms with van der Waals surface area (Å²) in [7, 11) is 1.31. The summed E-state index contributed by atoms with van der Waals surface area (Å²) in [6.45, 7) is 2.60. The van der Waals surface area contributed by atoms with Crippen LogP contribution in [-0.2, 0) is 16.1 Å². The van der Waals surface area contributed by atoms with Gasteiger partial charge in [-0.15, -0.1) is 0 Å². The molecule has 0 amide bonds. The van der Waals surface area contributed by atoms with Gasteiger partial charge in [-0.1, -0.05) is 24.6 Å². The Kier molecular flexibility index (Phi) is 6.42. The van der Waals surface area contributed by atoms with Gasteiger partial charge in [-0.25, -0.2) is 0 Å². The van der Waals surface area contributed by atoms with E-state index in [4.69, 9.17) is 13.9 Å². The monoisotopic (exact) mass is 425 g/mol. The van der Waals surface area contributed by atoms with Gasteiger partial charge in [0.05, 0.1) is 26.0 Å². The number of carbonyl (C=O) groups excluding carboxylic acids is 1. The topological polar surface area (TPSA) is 89.2 Å². The van der Waals surface area contributed by atoms with Gasteiger partial charge < -0.3 is 19.0 Å². The summed E-state index contributed by atoms with van der Waals surface area (Å²) in [5.74, 6) is -0.307. The lowest BCUT2D eigenvalue weighted by Gasteiger charge is -2.27. The molecule has 1 saturated heterocycles. The first-order valence-electron chi connectivity index (χ1n) is 10.6. The molecular weight excluding hydrogens is 398 g/mol. The molecule has 4 rings (SSSR count). The summed E-state index contributed by atoms with van der Waals surface area (Å²) < 4.78 is 16.8. The number of hydrogen-bond donors (Lipinski definition) is 1. The number of rotatable bonds is 6. The van der Waals surface area contributed by atoms with Crippen LogP contribution in [0.5, 0.6) is 11.5 Å². The lowest BCUT2D eigenvalue weighted by molar-refractivity contribution is -0.141. The van der Waals surface area contributed by atoms with E-state index in [9.17, 15) is 14.7 Å². The zero-order valence-electron chi connectivity index (χ0n) is 17.6. The normalized spacial score (nSPS) is 17.3. The van der Waals surface area contributed by atoms with E-state index in [1.165, 1.54) is 19.6 Å². The average Bonchev–Trinajstić information content (AvgIpc) is 2.80. The van der Waals surface area contributed by atoms with Gasteiger partial charge in [0.15, 0.2) is 5.76 Å². The molecule has 164 valence electrons. The minimum Gasteiger partial charge on any atom is -0.502 e. The van der Waals surface area contributed by atoms with E-state index in [0.717, 1.165) is 42.8 Å². The number of aromatic hydroxyl groups is 1. The molecule has 1 atom stereocenters. The zero-order chi connectivity index (χ0) is 21.8. The molecule has 0 unspecified atom stereocenters. The van der Waals surface area contributed by atoms with Crippen molar-refractivity contribution >= 4 is 12.0 Å². The van der Waals surface area contributed by atoms with Gasteiger partial charge in [-0.3, -0.25) is 14.5 Å². The Labute approximate surface area is 180 Å². The number of piperidine rings is 1. The SMILES string of the molecule is COC(=O)C[C@@H](C1=Cc2ccccc2OC1)c1oc(CN2CCCCC2)cc(=O)c1O. The van der Waals surface area contributed by atoms with Gasteiger partial charge >= 0.3 is 5.97 Å². The molecule has 1 fully saturated rings. The highest BCUT2D eigenvalue weighted by Gasteiger charge is 2.30. The van der Waals surface area contributed by atoms with Crippen LogP contribution in [0.25, 0.3) is 6.08 Å². The maximum atomic E-state index is 12.5. The lowest BCUT2D eigenvalue weighted by Crippen LogP contribution is -2.29. The van der Waals surface area contributed by atoms with Crippen molar-refractivity contribution < 1.29 is 23.8 Å². The van der Waals surface area contributed by atoms with Crippen LogP contribution in [0.3, 0.4) is 0 Å². The van der Waals surface area contributed by atoms with E-state index >= 15 is 0 Å². The molecule has 7 heteroatoms. The Balaban J connectivity index is 1.72. The first-order valence-corrected chi connectivity index (χ1v) is 10.6. The maximum Gasteiger partial charge on any atom is 0.306 e. The van der Waals surface area contributed by atoms with Crippen molar-refractivity contribution in [3.05, 3.63) is 63.2 Å². The van der Waals surface area contributed by atoms with E-state index < -0.39 is 23.1 Å². The summed E-state index contributed by atoms with van der Waals surface area (Å²) >= 11 is 0. The zero-order valence-corrected chi connectivity index (χ0v) is 17.6. The molecule has 2 aliphatic heterocycles. The van der Waals surface area contributed by atoms with Gasteiger partial charge in [-0.05, 0) is 43.6 Å². The maximum absolute atomic E-state index is 12.5. The van der Waals surface area contributed by atoms with Gasteiger partial charge in [-0.2, -0.15) is 0 Å². The fourth-order valence-corrected chi connectivity index (χ4v) is 4.18. The number of ether oxygens (including phenoxy) is 2. The van der Waals surface area contributed by atoms with Crippen molar-refractivity contribution in [3.63, 3.8) is 0 Å². The summed E-state index contributed by atoms with van der Waals surface area (Å²) in [5, 5.41) is 10.6. The molecule has 31 heavy (non-hydrogen) atoms. The standard InChI is InChI=1S/C24H27NO6/c1-29-22(27)13-19(17-11-16-7-3-4-8-21(16)30-15-17)24-23(28)20(26)12-18(31-24)14-25-9-5-2-6-10-25/h3-4,7-8,11-12,19,28H,2,5-6,9-10,13-15H2,1H3/t19-/m0/s1. The number of hydrogen-bond acceptors (Lipinski definition) is 7. The summed E-state index contributed by atoms with van der Waals surface area (Å²) in [5.41, 5.74) is 1.09. The van der Waals surface area contributed by atoms with Crippen molar-refractivity contribution in [1.29, 1.82) is 0 Å². The van der Waals surface area contributed by atoms with Crippen molar-refractivity contribution in [1.82, 2.24) is 4.90 Å². The predicted molar refractivity (Wildman–Crippen MR) is 115 cm³/mol. The summed E-state index contributed by atoms with van der Waals surface area (Å²) in [4.78, 5) is 27.0. The van der Waals surface area contributed by atoms with Crippen LogP contribution < -0.4 is 10.2 Å². The molecule has 0 spiro atoms. The van der Waals surface area contributed by atoms with Crippen molar-refractivity contribution in [2.45, 2.75) is 38.1 Å². The van der Waals surface area contributed by atoms with Crippen LogP contribution in [0.4, 0.5) is 0 Å². The second-order valence-electron chi connectivity index (χ2n) is 8.01. The highest BCUT2D eigenvalue weighted by Crippen LogP contribution is 2.38. The van der Waals surface area contributed by atoms with Crippen LogP contribution in [0, 0.1) is 0 Å². The van der Waals surface area contributed by atoms with E-state index in [2.05, 4.69) is 4.90 Å². The van der Waals surface area contributed by atoms with Crippen LogP contribution in [0.1, 0.15) is 48.7 Å². The average molecular weight is 425 g/mol. The molecule has 0 aliphatic carbocycles. The van der Waals surface area contributed by atoms with E-state index in [1.807, 2.05) is 30.3 Å². The number of likely N-dealkylation sites (tertiary alicyclic amines) is 1. The predicted octanol–water partition coefficient (Wildman–Crippen LogP) is 3.45. The molecule has 2 aliphatic rings. The van der Waals surface area contributed by atoms with Gasteiger partial charge in [0, 0.05) is 11.6 Å². The summed E-state index contributed by atoms with van der Waals surface area (Å²) in [6.07, 6.45) is 5.28. The minimum atomic E-state index is -0.671. The second-order valence-corrected chi connectivity index (χ2v) is 8.01. The first kappa shape index (κ1) is 21.2. The number of carbonyl (C=O) groups is 1. The quantitative estimate of drug-likeness (QED) is 0.709. The van der Waals surface area contributed by atoms with Crippen molar-refractivity contribution in [2.75, 3.05) is 26.8 Å². The molecule has 0 radical (unpaired) electrons. The highest BCUT2D eigenvalue weighted by molar-refractivity contribution is 5.73. The highest BCUT2D eigenvalue weighted by atomic mass is 16.5. The molecule has 7 nitrogen and oxygen atoms in total. The van der Waals surface area contributed by atoms with Gasteiger partial charge in [0.25, 0.3) is 0 Å². The Bertz CT molecular complexity index is 1030. The fourth-order valence-electron chi connectivity index (χ4n) is 4.18. The third-order valence-corrected chi connectivity index (χ3v) is 5.84. The van der Waals surface area contributed by atoms with Crippen LogP contribution in [0.2, 0.25) is 0 Å². The Morgan fingerprint density at radius 2 is 2.00 bits per heavy atom. The molecule has 0 saturated carbocycles. The number of nitrogens with zero attached hydrogens (tertiary/aromatic N) is 1. The van der Waals surface area contributed by atoms with Gasteiger partial charge in [0.1, 0.15) is 18.1 Å². The third kappa shape index (κ3) is 4.82. The van der Waals surface area contributed by atoms with E-state index in [0.29, 0.717) is 12.3 Å². The molecule has 1 aromatic carbocycles. The molecule has 3 heterocycles. The Morgan fingerprint density at radius 1 is 1.23 bits per heavy atom. The molecule has 0 bridgehead atoms. The minimum absolute atomic E-state index is 0.0719. The van der Waals surface area contributed by atoms with Crippen LogP contribution in [-0.4, -0.2) is 42.8 Å². The number of benzene rings is 1. The van der Waals surface area contributed by atoms with Crippen LogP contribution >= 0.6 is 0 Å². The Morgan fingerprint density at radius 3 is 2.77 bits per heavy atom. The van der Waals surface area contributed by atoms with Crippen molar-refractivity contribution in [2.24, 2.45) is 0 Å². The molecule has 1 N–H and O–H groups in total. The Hall–Kier alpha value is -3.06. The molecule has 2 aromatic rings. The van der Waals surface area contributed by atoms with Crippen LogP contribution in [0.15, 0.2) is 45.1 Å². The fraction of sp³-hybridized carbons (Fsp3) is 0.417. The smallest absolute Gasteiger partial charge is 0.306 e. The third-order valence-electron chi connectivity index (χ3n) is 5.84. The number of fused-ring (bicyclic) bond motifs is 1. The number of para-hydroxylation sites is 1. The summed E-state index contributed by atoms with van der Waals surface area (Å²) in [6, 6.07) is 8.90. The molecule has 1 aromatic heterocycles. The van der Waals surface area contributed by atoms with Gasteiger partial charge in [0.2, 0.25) is 11.2 Å².